The van der Waals surface area contributed by atoms with Crippen molar-refractivity contribution in [3.8, 4) is 5.75 Å². The number of hydrogen-bond donors (Lipinski definition) is 1. The van der Waals surface area contributed by atoms with E-state index < -0.39 is 0 Å². The number of nitrogens with two attached hydrogens (primary N) is 1. The van der Waals surface area contributed by atoms with Crippen LogP contribution in [-0.4, -0.2) is 18.6 Å². The van der Waals surface area contributed by atoms with E-state index in [0.29, 0.717) is 6.54 Å². The highest BCUT2D eigenvalue weighted by Crippen LogP contribution is 2.26. The Balaban J connectivity index is 2.66. The SMILES string of the molecule is COc1ccc(CCN)c2cccnc12. The first-order valence-electron chi connectivity index (χ1n) is 4.97. The smallest absolute Gasteiger partial charge is 0.145 e. The van der Waals surface area contributed by atoms with Gasteiger partial charge in [0.15, 0.2) is 0 Å². The fraction of sp³-hybridized carbons (Fsp3) is 0.250. The predicted molar refractivity (Wildman–Crippen MR) is 61.1 cm³/mol. The van der Waals surface area contributed by atoms with Crippen molar-refractivity contribution in [1.29, 1.82) is 0 Å². The van der Waals surface area contributed by atoms with Gasteiger partial charge in [-0.15, -0.1) is 0 Å². The number of pyridine rings is 1. The van der Waals surface area contributed by atoms with E-state index in [1.807, 2.05) is 12.1 Å². The molecule has 0 atom stereocenters. The summed E-state index contributed by atoms with van der Waals surface area (Å²) in [6.07, 6.45) is 2.64. The molecule has 0 aliphatic carbocycles. The Morgan fingerprint density at radius 3 is 2.93 bits per heavy atom. The van der Waals surface area contributed by atoms with Gasteiger partial charge in [-0.2, -0.15) is 0 Å². The van der Waals surface area contributed by atoms with E-state index in [0.717, 1.165) is 23.1 Å². The Bertz CT molecular complexity index is 468. The second kappa shape index (κ2) is 4.28. The van der Waals surface area contributed by atoms with Crippen molar-refractivity contribution in [1.82, 2.24) is 4.98 Å². The minimum atomic E-state index is 0.649. The molecule has 0 spiro atoms. The molecule has 0 aliphatic heterocycles. The quantitative estimate of drug-likeness (QED) is 0.824. The number of rotatable bonds is 3. The molecule has 0 aliphatic rings. The van der Waals surface area contributed by atoms with Crippen LogP contribution in [0.4, 0.5) is 0 Å². The normalized spacial score (nSPS) is 10.5. The van der Waals surface area contributed by atoms with Crippen LogP contribution in [0.15, 0.2) is 30.5 Å². The average Bonchev–Trinajstić information content (AvgIpc) is 2.30. The largest absolute Gasteiger partial charge is 0.494 e. The summed E-state index contributed by atoms with van der Waals surface area (Å²) in [6.45, 7) is 0.649. The van der Waals surface area contributed by atoms with Crippen LogP contribution in [0, 0.1) is 0 Å². The summed E-state index contributed by atoms with van der Waals surface area (Å²) >= 11 is 0. The highest BCUT2D eigenvalue weighted by molar-refractivity contribution is 5.87. The fourth-order valence-corrected chi connectivity index (χ4v) is 1.74. The van der Waals surface area contributed by atoms with Gasteiger partial charge in [-0.1, -0.05) is 12.1 Å². The third kappa shape index (κ3) is 1.78. The van der Waals surface area contributed by atoms with E-state index in [2.05, 4.69) is 17.1 Å². The highest BCUT2D eigenvalue weighted by Gasteiger charge is 2.05. The minimum Gasteiger partial charge on any atom is -0.494 e. The van der Waals surface area contributed by atoms with Crippen LogP contribution >= 0.6 is 0 Å². The molecule has 0 amide bonds. The molecule has 3 nitrogen and oxygen atoms in total. The zero-order valence-corrected chi connectivity index (χ0v) is 8.73. The predicted octanol–water partition coefficient (Wildman–Crippen LogP) is 1.74. The van der Waals surface area contributed by atoms with Gasteiger partial charge in [0.25, 0.3) is 0 Å². The molecular weight excluding hydrogens is 188 g/mol. The van der Waals surface area contributed by atoms with Crippen LogP contribution in [0.25, 0.3) is 10.9 Å². The summed E-state index contributed by atoms with van der Waals surface area (Å²) in [5.74, 6) is 0.811. The standard InChI is InChI=1S/C12H14N2O/c1-15-11-5-4-9(6-7-13)10-3-2-8-14-12(10)11/h2-5,8H,6-7,13H2,1H3. The Hall–Kier alpha value is -1.61. The summed E-state index contributed by atoms with van der Waals surface area (Å²) in [5, 5.41) is 1.13. The second-order valence-electron chi connectivity index (χ2n) is 3.37. The van der Waals surface area contributed by atoms with E-state index in [-0.39, 0.29) is 0 Å². The van der Waals surface area contributed by atoms with Crippen molar-refractivity contribution < 1.29 is 4.74 Å². The van der Waals surface area contributed by atoms with Crippen LogP contribution in [0.5, 0.6) is 5.75 Å². The number of hydrogen-bond acceptors (Lipinski definition) is 3. The number of benzene rings is 1. The molecule has 15 heavy (non-hydrogen) atoms. The van der Waals surface area contributed by atoms with Gasteiger partial charge < -0.3 is 10.5 Å². The van der Waals surface area contributed by atoms with Gasteiger partial charge in [-0.05, 0) is 30.7 Å². The highest BCUT2D eigenvalue weighted by atomic mass is 16.5. The first kappa shape index (κ1) is 9.93. The van der Waals surface area contributed by atoms with E-state index in [9.17, 15) is 0 Å². The molecule has 1 aromatic carbocycles. The number of aromatic nitrogens is 1. The lowest BCUT2D eigenvalue weighted by Crippen LogP contribution is -2.03. The van der Waals surface area contributed by atoms with Crippen molar-refractivity contribution in [3.05, 3.63) is 36.0 Å². The second-order valence-corrected chi connectivity index (χ2v) is 3.37. The van der Waals surface area contributed by atoms with E-state index >= 15 is 0 Å². The fourth-order valence-electron chi connectivity index (χ4n) is 1.74. The lowest BCUT2D eigenvalue weighted by Gasteiger charge is -2.08. The van der Waals surface area contributed by atoms with Crippen LogP contribution in [0.1, 0.15) is 5.56 Å². The van der Waals surface area contributed by atoms with Gasteiger partial charge >= 0.3 is 0 Å². The van der Waals surface area contributed by atoms with Crippen LogP contribution in [-0.2, 0) is 6.42 Å². The summed E-state index contributed by atoms with van der Waals surface area (Å²) in [7, 11) is 1.66. The summed E-state index contributed by atoms with van der Waals surface area (Å²) in [5.41, 5.74) is 7.70. The third-order valence-corrected chi connectivity index (χ3v) is 2.46. The molecule has 0 bridgehead atoms. The Kier molecular flexibility index (Phi) is 2.83. The molecule has 0 saturated heterocycles. The van der Waals surface area contributed by atoms with E-state index in [4.69, 9.17) is 10.5 Å². The molecular formula is C12H14N2O. The first-order chi connectivity index (χ1) is 7.36. The Morgan fingerprint density at radius 2 is 2.20 bits per heavy atom. The molecule has 3 heteroatoms. The summed E-state index contributed by atoms with van der Waals surface area (Å²) in [6, 6.07) is 7.98. The third-order valence-electron chi connectivity index (χ3n) is 2.46. The molecule has 2 rings (SSSR count). The zero-order valence-electron chi connectivity index (χ0n) is 8.73. The van der Waals surface area contributed by atoms with Gasteiger partial charge in [0.2, 0.25) is 0 Å². The Labute approximate surface area is 88.9 Å². The van der Waals surface area contributed by atoms with Crippen molar-refractivity contribution in [2.45, 2.75) is 6.42 Å². The van der Waals surface area contributed by atoms with Gasteiger partial charge in [-0.25, -0.2) is 0 Å². The van der Waals surface area contributed by atoms with Crippen LogP contribution < -0.4 is 10.5 Å². The summed E-state index contributed by atoms with van der Waals surface area (Å²) in [4.78, 5) is 4.33. The topological polar surface area (TPSA) is 48.1 Å². The van der Waals surface area contributed by atoms with Crippen molar-refractivity contribution in [3.63, 3.8) is 0 Å². The molecule has 0 unspecified atom stereocenters. The van der Waals surface area contributed by atoms with Gasteiger partial charge in [0.1, 0.15) is 11.3 Å². The Morgan fingerprint density at radius 1 is 1.33 bits per heavy atom. The van der Waals surface area contributed by atoms with Crippen LogP contribution in [0.3, 0.4) is 0 Å². The number of methoxy groups -OCH3 is 1. The average molecular weight is 202 g/mol. The zero-order chi connectivity index (χ0) is 10.7. The van der Waals surface area contributed by atoms with Crippen molar-refractivity contribution in [2.24, 2.45) is 5.73 Å². The van der Waals surface area contributed by atoms with Gasteiger partial charge in [0.05, 0.1) is 7.11 Å². The van der Waals surface area contributed by atoms with Gasteiger partial charge in [0, 0.05) is 11.6 Å². The van der Waals surface area contributed by atoms with E-state index in [1.165, 1.54) is 5.56 Å². The molecule has 1 aromatic heterocycles. The van der Waals surface area contributed by atoms with Crippen molar-refractivity contribution >= 4 is 10.9 Å². The molecule has 0 saturated carbocycles. The van der Waals surface area contributed by atoms with Crippen molar-refractivity contribution in [2.75, 3.05) is 13.7 Å². The molecule has 2 aromatic rings. The van der Waals surface area contributed by atoms with Gasteiger partial charge in [-0.3, -0.25) is 4.98 Å². The first-order valence-corrected chi connectivity index (χ1v) is 4.97. The van der Waals surface area contributed by atoms with E-state index in [1.54, 1.807) is 13.3 Å². The number of fused-ring (bicyclic) bond motifs is 1. The molecule has 0 fully saturated rings. The monoisotopic (exact) mass is 202 g/mol. The molecule has 78 valence electrons. The minimum absolute atomic E-state index is 0.649. The molecule has 0 radical (unpaired) electrons. The summed E-state index contributed by atoms with van der Waals surface area (Å²) < 4.78 is 5.27. The molecule has 1 heterocycles. The number of nitrogens with zero attached hydrogens (tertiary/aromatic N) is 1. The molecule has 2 N–H and O–H groups in total. The lowest BCUT2D eigenvalue weighted by atomic mass is 10.1. The number of ether oxygens (including phenoxy) is 1. The lowest BCUT2D eigenvalue weighted by molar-refractivity contribution is 0.419. The maximum absolute atomic E-state index is 5.57. The maximum Gasteiger partial charge on any atom is 0.145 e. The maximum atomic E-state index is 5.57. The van der Waals surface area contributed by atoms with Crippen LogP contribution in [0.2, 0.25) is 0 Å².